The second kappa shape index (κ2) is 11.8. The molecule has 0 N–H and O–H groups in total. The first-order valence-electron chi connectivity index (χ1n) is 11.2. The van der Waals surface area contributed by atoms with Crippen molar-refractivity contribution in [3.05, 3.63) is 72.0 Å². The molecule has 5 nitrogen and oxygen atoms in total. The molecule has 35 heavy (non-hydrogen) atoms. The molecule has 0 fully saturated rings. The van der Waals surface area contributed by atoms with Gasteiger partial charge in [-0.2, -0.15) is 0 Å². The molecule has 0 atom stereocenters. The first-order valence-corrected chi connectivity index (χ1v) is 13.6. The Balaban J connectivity index is 1.59. The molecular formula is C26H24BrCl2NO4S. The number of nitrogens with zero attached hydrogens (tertiary/aromatic N) is 1. The van der Waals surface area contributed by atoms with Crippen LogP contribution in [0.2, 0.25) is 10.0 Å². The average Bonchev–Trinajstić information content (AvgIpc) is 3.22. The number of halogens is 3. The van der Waals surface area contributed by atoms with E-state index in [1.54, 1.807) is 36.8 Å². The summed E-state index contributed by atoms with van der Waals surface area (Å²) in [4.78, 5) is 18.6. The van der Waals surface area contributed by atoms with Crippen molar-refractivity contribution in [1.82, 2.24) is 0 Å². The van der Waals surface area contributed by atoms with E-state index in [-0.39, 0.29) is 5.97 Å². The van der Waals surface area contributed by atoms with Crippen LogP contribution in [0.5, 0.6) is 11.5 Å². The Morgan fingerprint density at radius 2 is 1.94 bits per heavy atom. The maximum absolute atomic E-state index is 12.7. The molecule has 1 heterocycles. The molecule has 0 amide bonds. The Hall–Kier alpha value is -2.06. The van der Waals surface area contributed by atoms with Crippen LogP contribution in [0.15, 0.2) is 39.8 Å². The molecule has 1 aliphatic carbocycles. The molecule has 3 aromatic rings. The van der Waals surface area contributed by atoms with Gasteiger partial charge < -0.3 is 14.2 Å². The average molecular weight is 597 g/mol. The Morgan fingerprint density at radius 3 is 2.69 bits per heavy atom. The summed E-state index contributed by atoms with van der Waals surface area (Å²) < 4.78 is 17.7. The zero-order valence-corrected chi connectivity index (χ0v) is 23.2. The number of esters is 1. The zero-order chi connectivity index (χ0) is 24.9. The topological polar surface area (TPSA) is 57.1 Å². The van der Waals surface area contributed by atoms with Gasteiger partial charge in [-0.25, -0.2) is 9.79 Å². The highest BCUT2D eigenvalue weighted by atomic mass is 79.9. The van der Waals surface area contributed by atoms with Gasteiger partial charge >= 0.3 is 5.97 Å². The molecule has 0 radical (unpaired) electrons. The summed E-state index contributed by atoms with van der Waals surface area (Å²) in [5.41, 5.74) is 3.38. The summed E-state index contributed by atoms with van der Waals surface area (Å²) in [6, 6.07) is 9.05. The number of methoxy groups -OCH3 is 1. The molecule has 0 saturated carbocycles. The van der Waals surface area contributed by atoms with Crippen molar-refractivity contribution in [1.29, 1.82) is 0 Å². The molecule has 0 spiro atoms. The van der Waals surface area contributed by atoms with Gasteiger partial charge in [0, 0.05) is 21.1 Å². The molecule has 0 aliphatic heterocycles. The smallest absolute Gasteiger partial charge is 0.341 e. The third-order valence-electron chi connectivity index (χ3n) is 5.61. The number of fused-ring (bicyclic) bond motifs is 1. The fourth-order valence-electron chi connectivity index (χ4n) is 3.90. The highest BCUT2D eigenvalue weighted by Gasteiger charge is 2.26. The number of aliphatic imine (C=N–C) groups is 1. The van der Waals surface area contributed by atoms with Crippen LogP contribution in [-0.4, -0.2) is 25.9 Å². The summed E-state index contributed by atoms with van der Waals surface area (Å²) in [7, 11) is 1.59. The van der Waals surface area contributed by atoms with Gasteiger partial charge in [-0.15, -0.1) is 11.3 Å². The Kier molecular flexibility index (Phi) is 8.76. The number of carbonyl (C=O) groups is 1. The third-order valence-corrected chi connectivity index (χ3v) is 8.24. The van der Waals surface area contributed by atoms with E-state index in [4.69, 9.17) is 42.4 Å². The van der Waals surface area contributed by atoms with Crippen LogP contribution in [0.25, 0.3) is 0 Å². The van der Waals surface area contributed by atoms with Gasteiger partial charge in [0.2, 0.25) is 0 Å². The molecule has 0 saturated heterocycles. The maximum atomic E-state index is 12.7. The van der Waals surface area contributed by atoms with Crippen molar-refractivity contribution in [3.63, 3.8) is 0 Å². The first kappa shape index (κ1) is 26.0. The minimum absolute atomic E-state index is 0.302. The molecule has 0 unspecified atom stereocenters. The lowest BCUT2D eigenvalue weighted by molar-refractivity contribution is 0.0526. The zero-order valence-electron chi connectivity index (χ0n) is 19.3. The fourth-order valence-corrected chi connectivity index (χ4v) is 5.86. The number of ether oxygens (including phenoxy) is 3. The Morgan fingerprint density at radius 1 is 1.14 bits per heavy atom. The minimum atomic E-state index is -0.304. The van der Waals surface area contributed by atoms with Gasteiger partial charge in [0.05, 0.1) is 29.3 Å². The molecule has 1 aromatic heterocycles. The quantitative estimate of drug-likeness (QED) is 0.194. The molecule has 9 heteroatoms. The van der Waals surface area contributed by atoms with E-state index in [2.05, 4.69) is 15.9 Å². The second-order valence-electron chi connectivity index (χ2n) is 7.93. The number of hydrogen-bond donors (Lipinski definition) is 0. The highest BCUT2D eigenvalue weighted by molar-refractivity contribution is 9.10. The monoisotopic (exact) mass is 595 g/mol. The van der Waals surface area contributed by atoms with Crippen molar-refractivity contribution < 1.29 is 19.0 Å². The number of rotatable bonds is 8. The summed E-state index contributed by atoms with van der Waals surface area (Å²) in [6.45, 7) is 2.45. The fraction of sp³-hybridized carbons (Fsp3) is 0.308. The van der Waals surface area contributed by atoms with E-state index in [1.165, 1.54) is 4.88 Å². The van der Waals surface area contributed by atoms with Crippen LogP contribution in [0, 0.1) is 0 Å². The van der Waals surface area contributed by atoms with E-state index in [9.17, 15) is 4.79 Å². The molecule has 4 rings (SSSR count). The summed E-state index contributed by atoms with van der Waals surface area (Å²) >= 11 is 17.3. The SMILES string of the molecule is CCOC(=O)c1c(N=Cc2cc(OC)c(OCc3ccc(Cl)c(Cl)c3)cc2Br)sc2c1CCCC2. The van der Waals surface area contributed by atoms with Gasteiger partial charge in [0.15, 0.2) is 11.5 Å². The third kappa shape index (κ3) is 6.02. The molecule has 1 aliphatic rings. The molecular weight excluding hydrogens is 573 g/mol. The Bertz CT molecular complexity index is 1270. The first-order chi connectivity index (χ1) is 16.9. The summed E-state index contributed by atoms with van der Waals surface area (Å²) in [5.74, 6) is 0.828. The minimum Gasteiger partial charge on any atom is -0.493 e. The van der Waals surface area contributed by atoms with Gasteiger partial charge in [0.1, 0.15) is 11.6 Å². The lowest BCUT2D eigenvalue weighted by Gasteiger charge is -2.13. The predicted octanol–water partition coefficient (Wildman–Crippen LogP) is 8.21. The van der Waals surface area contributed by atoms with Gasteiger partial charge in [-0.1, -0.05) is 29.3 Å². The van der Waals surface area contributed by atoms with Gasteiger partial charge in [-0.3, -0.25) is 0 Å². The number of aryl methyl sites for hydroxylation is 1. The normalized spacial score (nSPS) is 13.1. The standard InChI is InChI=1S/C26H24BrCl2NO4S/c1-3-33-26(31)24-17-6-4-5-7-23(17)35-25(24)30-13-16-11-21(32-2)22(12-18(16)27)34-14-15-8-9-19(28)20(29)10-15/h8-13H,3-7,14H2,1-2H3. The van der Waals surface area contributed by atoms with E-state index in [1.807, 2.05) is 25.1 Å². The predicted molar refractivity (Wildman–Crippen MR) is 146 cm³/mol. The van der Waals surface area contributed by atoms with Gasteiger partial charge in [-0.05, 0) is 83.9 Å². The van der Waals surface area contributed by atoms with Crippen LogP contribution in [0.4, 0.5) is 5.00 Å². The summed E-state index contributed by atoms with van der Waals surface area (Å²) in [5, 5.41) is 1.66. The lowest BCUT2D eigenvalue weighted by Crippen LogP contribution is -2.09. The van der Waals surface area contributed by atoms with E-state index < -0.39 is 0 Å². The highest BCUT2D eigenvalue weighted by Crippen LogP contribution is 2.41. The maximum Gasteiger partial charge on any atom is 0.341 e. The van der Waals surface area contributed by atoms with E-state index in [0.29, 0.717) is 45.3 Å². The number of benzene rings is 2. The number of carbonyl (C=O) groups excluding carboxylic acids is 1. The number of hydrogen-bond acceptors (Lipinski definition) is 6. The Labute approximate surface area is 227 Å². The summed E-state index contributed by atoms with van der Waals surface area (Å²) in [6.07, 6.45) is 5.80. The van der Waals surface area contributed by atoms with Crippen LogP contribution < -0.4 is 9.47 Å². The van der Waals surface area contributed by atoms with Crippen LogP contribution in [-0.2, 0) is 24.2 Å². The van der Waals surface area contributed by atoms with Crippen molar-refractivity contribution in [3.8, 4) is 11.5 Å². The van der Waals surface area contributed by atoms with Crippen molar-refractivity contribution >= 4 is 67.7 Å². The van der Waals surface area contributed by atoms with Crippen LogP contribution >= 0.6 is 50.5 Å². The van der Waals surface area contributed by atoms with Crippen molar-refractivity contribution in [2.45, 2.75) is 39.2 Å². The van der Waals surface area contributed by atoms with Crippen molar-refractivity contribution in [2.75, 3.05) is 13.7 Å². The largest absolute Gasteiger partial charge is 0.493 e. The number of thiophene rings is 1. The lowest BCUT2D eigenvalue weighted by atomic mass is 9.95. The second-order valence-corrected chi connectivity index (χ2v) is 10.7. The molecule has 2 aromatic carbocycles. The van der Waals surface area contributed by atoms with Crippen molar-refractivity contribution in [2.24, 2.45) is 4.99 Å². The molecule has 184 valence electrons. The van der Waals surface area contributed by atoms with Crippen LogP contribution in [0.3, 0.4) is 0 Å². The van der Waals surface area contributed by atoms with E-state index in [0.717, 1.165) is 46.8 Å². The van der Waals surface area contributed by atoms with E-state index >= 15 is 0 Å². The van der Waals surface area contributed by atoms with Crippen LogP contribution in [0.1, 0.15) is 51.7 Å². The van der Waals surface area contributed by atoms with Gasteiger partial charge in [0.25, 0.3) is 0 Å². The molecule has 0 bridgehead atoms.